The number of aromatic nitrogens is 3. The molecule has 1 amide bonds. The van der Waals surface area contributed by atoms with Crippen LogP contribution in [0.2, 0.25) is 0 Å². The smallest absolute Gasteiger partial charge is 0.248 e. The zero-order chi connectivity index (χ0) is 18.0. The first-order valence-electron chi connectivity index (χ1n) is 7.94. The van der Waals surface area contributed by atoms with Gasteiger partial charge in [0.25, 0.3) is 0 Å². The molecule has 3 rings (SSSR count). The molecule has 2 aromatic rings. The van der Waals surface area contributed by atoms with E-state index in [0.29, 0.717) is 24.2 Å². The number of thioether (sulfide) groups is 1. The molecule has 0 aliphatic carbocycles. The molecule has 1 aliphatic rings. The third kappa shape index (κ3) is 4.40. The number of carbonyl (C=O) groups is 1. The van der Waals surface area contributed by atoms with Crippen molar-refractivity contribution in [3.8, 4) is 0 Å². The van der Waals surface area contributed by atoms with E-state index in [4.69, 9.17) is 5.73 Å². The fraction of sp³-hybridized carbons (Fsp3) is 0.438. The first-order valence-corrected chi connectivity index (χ1v) is 10.7. The molecule has 1 unspecified atom stereocenters. The number of carbonyl (C=O) groups excluding carboxylic acids is 1. The Morgan fingerprint density at radius 2 is 2.04 bits per heavy atom. The molecule has 7 nitrogen and oxygen atoms in total. The lowest BCUT2D eigenvalue weighted by Gasteiger charge is -2.07. The van der Waals surface area contributed by atoms with Gasteiger partial charge < -0.3 is 10.3 Å². The van der Waals surface area contributed by atoms with Crippen LogP contribution in [0.4, 0.5) is 0 Å². The summed E-state index contributed by atoms with van der Waals surface area (Å²) in [6.07, 6.45) is 1.33. The second-order valence-corrected chi connectivity index (χ2v) is 9.45. The van der Waals surface area contributed by atoms with Crippen LogP contribution in [0.5, 0.6) is 0 Å². The van der Waals surface area contributed by atoms with Crippen LogP contribution in [0.15, 0.2) is 29.4 Å². The highest BCUT2D eigenvalue weighted by Gasteiger charge is 2.29. The van der Waals surface area contributed by atoms with E-state index >= 15 is 0 Å². The molecule has 134 valence electrons. The van der Waals surface area contributed by atoms with E-state index in [1.807, 2.05) is 23.7 Å². The highest BCUT2D eigenvalue weighted by atomic mass is 32.2. The second kappa shape index (κ2) is 7.17. The second-order valence-electron chi connectivity index (χ2n) is 6.28. The minimum atomic E-state index is -2.87. The van der Waals surface area contributed by atoms with E-state index < -0.39 is 15.7 Å². The Morgan fingerprint density at radius 1 is 1.32 bits per heavy atom. The molecule has 0 saturated carbocycles. The number of sulfone groups is 1. The first-order chi connectivity index (χ1) is 11.8. The summed E-state index contributed by atoms with van der Waals surface area (Å²) < 4.78 is 25.1. The largest absolute Gasteiger partial charge is 0.366 e. The van der Waals surface area contributed by atoms with Crippen LogP contribution >= 0.6 is 11.8 Å². The molecule has 1 aromatic carbocycles. The summed E-state index contributed by atoms with van der Waals surface area (Å²) in [6.45, 7) is 0. The van der Waals surface area contributed by atoms with Crippen molar-refractivity contribution in [3.63, 3.8) is 0 Å². The van der Waals surface area contributed by atoms with Crippen LogP contribution in [-0.4, -0.2) is 40.6 Å². The van der Waals surface area contributed by atoms with Gasteiger partial charge in [0.15, 0.2) is 15.0 Å². The van der Waals surface area contributed by atoms with Gasteiger partial charge in [-0.05, 0) is 30.0 Å². The highest BCUT2D eigenvalue weighted by molar-refractivity contribution is 7.98. The maximum Gasteiger partial charge on any atom is 0.248 e. The number of primary amides is 1. The van der Waals surface area contributed by atoms with Crippen LogP contribution in [0, 0.1) is 5.92 Å². The van der Waals surface area contributed by atoms with Gasteiger partial charge in [-0.3, -0.25) is 4.79 Å². The molecule has 2 N–H and O–H groups in total. The van der Waals surface area contributed by atoms with Gasteiger partial charge >= 0.3 is 0 Å². The normalized spacial score (nSPS) is 19.2. The fourth-order valence-corrected chi connectivity index (χ4v) is 5.60. The van der Waals surface area contributed by atoms with Crippen molar-refractivity contribution in [2.24, 2.45) is 18.7 Å². The Balaban J connectivity index is 1.60. The molecule has 1 aromatic heterocycles. The van der Waals surface area contributed by atoms with Crippen LogP contribution in [0.3, 0.4) is 0 Å². The summed E-state index contributed by atoms with van der Waals surface area (Å²) in [4.78, 5) is 11.1. The summed E-state index contributed by atoms with van der Waals surface area (Å²) >= 11 is 1.55. The molecule has 0 bridgehead atoms. The van der Waals surface area contributed by atoms with Gasteiger partial charge in [-0.15, -0.1) is 10.2 Å². The topological polar surface area (TPSA) is 108 Å². The SMILES string of the molecule is Cn1c(CC2CCS(=O)(=O)C2)nnc1SCc1ccc(C(N)=O)cc1. The van der Waals surface area contributed by atoms with E-state index in [1.165, 1.54) is 0 Å². The maximum absolute atomic E-state index is 11.6. The summed E-state index contributed by atoms with van der Waals surface area (Å²) in [5, 5.41) is 9.21. The minimum Gasteiger partial charge on any atom is -0.366 e. The summed E-state index contributed by atoms with van der Waals surface area (Å²) in [5.74, 6) is 1.72. The lowest BCUT2D eigenvalue weighted by atomic mass is 10.1. The van der Waals surface area contributed by atoms with Gasteiger partial charge in [-0.25, -0.2) is 8.42 Å². The number of benzene rings is 1. The zero-order valence-electron chi connectivity index (χ0n) is 13.9. The van der Waals surface area contributed by atoms with Crippen LogP contribution in [0.1, 0.15) is 28.2 Å². The third-order valence-electron chi connectivity index (χ3n) is 4.33. The Morgan fingerprint density at radius 3 is 2.64 bits per heavy atom. The average Bonchev–Trinajstić information content (AvgIpc) is 3.09. The van der Waals surface area contributed by atoms with E-state index in [0.717, 1.165) is 16.5 Å². The molecule has 0 spiro atoms. The number of hydrogen-bond acceptors (Lipinski definition) is 6. The van der Waals surface area contributed by atoms with Gasteiger partial charge in [0.2, 0.25) is 5.91 Å². The minimum absolute atomic E-state index is 0.132. The molecule has 1 fully saturated rings. The summed E-state index contributed by atoms with van der Waals surface area (Å²) in [7, 11) is -0.973. The lowest BCUT2D eigenvalue weighted by Crippen LogP contribution is -2.11. The van der Waals surface area contributed by atoms with Gasteiger partial charge in [-0.1, -0.05) is 23.9 Å². The molecule has 9 heteroatoms. The van der Waals surface area contributed by atoms with E-state index in [9.17, 15) is 13.2 Å². The Kier molecular flexibility index (Phi) is 5.14. The van der Waals surface area contributed by atoms with Crippen LogP contribution < -0.4 is 5.73 Å². The summed E-state index contributed by atoms with van der Waals surface area (Å²) in [5.41, 5.74) is 6.78. The van der Waals surface area contributed by atoms with E-state index in [1.54, 1.807) is 23.9 Å². The molecule has 1 atom stereocenters. The number of hydrogen-bond donors (Lipinski definition) is 1. The van der Waals surface area contributed by atoms with Crippen molar-refractivity contribution in [1.29, 1.82) is 0 Å². The van der Waals surface area contributed by atoms with Crippen LogP contribution in [0.25, 0.3) is 0 Å². The highest BCUT2D eigenvalue weighted by Crippen LogP contribution is 2.25. The molecule has 1 saturated heterocycles. The maximum atomic E-state index is 11.6. The van der Waals surface area contributed by atoms with E-state index in [2.05, 4.69) is 10.2 Å². The first kappa shape index (κ1) is 17.9. The average molecular weight is 380 g/mol. The predicted molar refractivity (Wildman–Crippen MR) is 96.0 cm³/mol. The molecular formula is C16H20N4O3S2. The van der Waals surface area contributed by atoms with E-state index in [-0.39, 0.29) is 17.4 Å². The van der Waals surface area contributed by atoms with Gasteiger partial charge in [0.05, 0.1) is 11.5 Å². The van der Waals surface area contributed by atoms with Gasteiger partial charge in [-0.2, -0.15) is 0 Å². The molecule has 1 aliphatic heterocycles. The quantitative estimate of drug-likeness (QED) is 0.754. The van der Waals surface area contributed by atoms with Gasteiger partial charge in [0.1, 0.15) is 5.82 Å². The van der Waals surface area contributed by atoms with Gasteiger partial charge in [0, 0.05) is 24.8 Å². The molecule has 0 radical (unpaired) electrons. The van der Waals surface area contributed by atoms with Crippen molar-refractivity contribution < 1.29 is 13.2 Å². The van der Waals surface area contributed by atoms with Crippen molar-refractivity contribution in [2.45, 2.75) is 23.8 Å². The number of nitrogens with zero attached hydrogens (tertiary/aromatic N) is 3. The number of rotatable bonds is 6. The fourth-order valence-electron chi connectivity index (χ4n) is 2.85. The third-order valence-corrected chi connectivity index (χ3v) is 7.26. The monoisotopic (exact) mass is 380 g/mol. The Hall–Kier alpha value is -1.87. The number of nitrogens with two attached hydrogens (primary N) is 1. The van der Waals surface area contributed by atoms with Crippen molar-refractivity contribution in [2.75, 3.05) is 11.5 Å². The molecule has 25 heavy (non-hydrogen) atoms. The Labute approximate surface area is 150 Å². The summed E-state index contributed by atoms with van der Waals surface area (Å²) in [6, 6.07) is 7.16. The lowest BCUT2D eigenvalue weighted by molar-refractivity contribution is 0.100. The standard InChI is InChI=1S/C16H20N4O3S2/c1-20-14(8-12-6-7-25(22,23)10-12)18-19-16(20)24-9-11-2-4-13(5-3-11)15(17)21/h2-5,12H,6-10H2,1H3,(H2,17,21). The molecule has 2 heterocycles. The Bertz CT molecular complexity index is 875. The van der Waals surface area contributed by atoms with Crippen molar-refractivity contribution >= 4 is 27.5 Å². The zero-order valence-corrected chi connectivity index (χ0v) is 15.5. The van der Waals surface area contributed by atoms with Crippen LogP contribution in [-0.2, 0) is 29.1 Å². The van der Waals surface area contributed by atoms with Crippen molar-refractivity contribution in [1.82, 2.24) is 14.8 Å². The predicted octanol–water partition coefficient (Wildman–Crippen LogP) is 1.18. The van der Waals surface area contributed by atoms with Crippen molar-refractivity contribution in [3.05, 3.63) is 41.2 Å². The number of amides is 1. The molecular weight excluding hydrogens is 360 g/mol.